The first-order valence-corrected chi connectivity index (χ1v) is 20.1. The molecule has 2 rings (SSSR count). The van der Waals surface area contributed by atoms with E-state index in [0.717, 1.165) is 48.5 Å². The minimum Gasteiger partial charge on any atom is -0.490 e. The number of hydrogen-bond acceptors (Lipinski definition) is 5. The summed E-state index contributed by atoms with van der Waals surface area (Å²) in [6.45, 7) is 10.9. The highest BCUT2D eigenvalue weighted by molar-refractivity contribution is 7.99. The summed E-state index contributed by atoms with van der Waals surface area (Å²) in [5, 5.41) is 0. The Labute approximate surface area is 292 Å². The van der Waals surface area contributed by atoms with Gasteiger partial charge < -0.3 is 14.2 Å². The van der Waals surface area contributed by atoms with Gasteiger partial charge in [-0.3, -0.25) is 4.79 Å². The Morgan fingerprint density at radius 2 is 1.02 bits per heavy atom. The summed E-state index contributed by atoms with van der Waals surface area (Å²) >= 11 is 1.82. The van der Waals surface area contributed by atoms with Gasteiger partial charge in [0.1, 0.15) is 0 Å². The third-order valence-electron chi connectivity index (χ3n) is 8.34. The molecule has 0 radical (unpaired) electrons. The number of thioether (sulfide) groups is 1. The van der Waals surface area contributed by atoms with Crippen molar-refractivity contribution in [3.8, 4) is 17.2 Å². The highest BCUT2D eigenvalue weighted by Crippen LogP contribution is 2.40. The van der Waals surface area contributed by atoms with Crippen molar-refractivity contribution in [1.29, 1.82) is 0 Å². The number of unbranched alkanes of at least 4 members (excludes halogenated alkanes) is 15. The maximum absolute atomic E-state index is 13.1. The Morgan fingerprint density at radius 3 is 1.49 bits per heavy atom. The maximum Gasteiger partial charge on any atom is 0.203 e. The number of rotatable bonds is 30. The molecule has 0 aliphatic rings. The molecule has 0 unspecified atom stereocenters. The van der Waals surface area contributed by atoms with Gasteiger partial charge in [0.15, 0.2) is 17.3 Å². The molecule has 0 N–H and O–H groups in total. The number of ketones is 1. The van der Waals surface area contributed by atoms with E-state index in [4.69, 9.17) is 14.2 Å². The van der Waals surface area contributed by atoms with E-state index >= 15 is 0 Å². The first-order chi connectivity index (χ1) is 23.1. The lowest BCUT2D eigenvalue weighted by Crippen LogP contribution is -2.07. The van der Waals surface area contributed by atoms with E-state index in [1.54, 1.807) is 6.08 Å². The van der Waals surface area contributed by atoms with Gasteiger partial charge in [0.25, 0.3) is 0 Å². The molecule has 0 saturated heterocycles. The van der Waals surface area contributed by atoms with Crippen LogP contribution in [-0.2, 0) is 0 Å². The van der Waals surface area contributed by atoms with E-state index in [0.29, 0.717) is 31.1 Å². The van der Waals surface area contributed by atoms with E-state index in [1.807, 2.05) is 54.2 Å². The van der Waals surface area contributed by atoms with E-state index in [2.05, 4.69) is 27.7 Å². The van der Waals surface area contributed by atoms with E-state index in [9.17, 15) is 4.79 Å². The molecule has 0 aliphatic carbocycles. The van der Waals surface area contributed by atoms with E-state index in [1.165, 1.54) is 101 Å². The zero-order chi connectivity index (χ0) is 33.8. The Kier molecular flexibility index (Phi) is 23.9. The monoisotopic (exact) mass is 666 g/mol. The van der Waals surface area contributed by atoms with Crippen molar-refractivity contribution >= 4 is 23.6 Å². The number of carbonyl (C=O) groups is 1. The fraction of sp³-hybridized carbons (Fsp3) is 0.643. The van der Waals surface area contributed by atoms with Crippen LogP contribution in [0.3, 0.4) is 0 Å². The SMILES string of the molecule is CCCCCCCCOc1cc(C=CC(=O)c2ccc(SCCC)cc2)cc(OCCCCCCCC)c1OCCCCCCCC. The molecule has 2 aromatic carbocycles. The van der Waals surface area contributed by atoms with Crippen LogP contribution in [0, 0.1) is 0 Å². The van der Waals surface area contributed by atoms with Gasteiger partial charge in [-0.25, -0.2) is 0 Å². The van der Waals surface area contributed by atoms with Crippen LogP contribution in [0.5, 0.6) is 17.2 Å². The van der Waals surface area contributed by atoms with Crippen molar-refractivity contribution in [3.63, 3.8) is 0 Å². The van der Waals surface area contributed by atoms with Crippen LogP contribution in [-0.4, -0.2) is 31.4 Å². The summed E-state index contributed by atoms with van der Waals surface area (Å²) in [5.41, 5.74) is 1.58. The summed E-state index contributed by atoms with van der Waals surface area (Å²) in [4.78, 5) is 14.3. The lowest BCUT2D eigenvalue weighted by molar-refractivity contribution is 0.104. The van der Waals surface area contributed by atoms with Crippen LogP contribution in [0.1, 0.15) is 166 Å². The first-order valence-electron chi connectivity index (χ1n) is 19.1. The largest absolute Gasteiger partial charge is 0.490 e. The third-order valence-corrected chi connectivity index (χ3v) is 9.56. The lowest BCUT2D eigenvalue weighted by atomic mass is 10.1. The molecule has 0 atom stereocenters. The summed E-state index contributed by atoms with van der Waals surface area (Å²) in [7, 11) is 0. The second-order valence-corrected chi connectivity index (χ2v) is 13.9. The Hall–Kier alpha value is -2.40. The highest BCUT2D eigenvalue weighted by Gasteiger charge is 2.16. The quantitative estimate of drug-likeness (QED) is 0.0359. The number of benzene rings is 2. The van der Waals surface area contributed by atoms with Gasteiger partial charge in [0, 0.05) is 10.5 Å². The van der Waals surface area contributed by atoms with Crippen LogP contribution < -0.4 is 14.2 Å². The van der Waals surface area contributed by atoms with Gasteiger partial charge in [0.05, 0.1) is 19.8 Å². The number of ether oxygens (including phenoxy) is 3. The Balaban J connectivity index is 2.21. The molecule has 2 aromatic rings. The van der Waals surface area contributed by atoms with Crippen molar-refractivity contribution in [2.75, 3.05) is 25.6 Å². The zero-order valence-corrected chi connectivity index (χ0v) is 31.2. The topological polar surface area (TPSA) is 44.8 Å². The summed E-state index contributed by atoms with van der Waals surface area (Å²) in [6.07, 6.45) is 26.5. The van der Waals surface area contributed by atoms with Crippen LogP contribution in [0.4, 0.5) is 0 Å². The molecule has 5 heteroatoms. The van der Waals surface area contributed by atoms with Gasteiger partial charge in [-0.05, 0) is 79.5 Å². The van der Waals surface area contributed by atoms with Gasteiger partial charge in [-0.2, -0.15) is 0 Å². The molecule has 0 aliphatic heterocycles. The second-order valence-electron chi connectivity index (χ2n) is 12.8. The van der Waals surface area contributed by atoms with Crippen molar-refractivity contribution in [2.24, 2.45) is 0 Å². The Bertz CT molecular complexity index is 1060. The molecule has 4 nitrogen and oxygen atoms in total. The predicted octanol–water partition coefficient (Wildman–Crippen LogP) is 13.3. The molecule has 264 valence electrons. The fourth-order valence-electron chi connectivity index (χ4n) is 5.44. The van der Waals surface area contributed by atoms with Crippen LogP contribution >= 0.6 is 11.8 Å². The summed E-state index contributed by atoms with van der Waals surface area (Å²) in [6, 6.07) is 12.0. The average molecular weight is 667 g/mol. The smallest absolute Gasteiger partial charge is 0.203 e. The average Bonchev–Trinajstić information content (AvgIpc) is 3.09. The van der Waals surface area contributed by atoms with Crippen molar-refractivity contribution in [2.45, 2.75) is 155 Å². The number of allylic oxidation sites excluding steroid dienone is 1. The van der Waals surface area contributed by atoms with E-state index < -0.39 is 0 Å². The molecule has 47 heavy (non-hydrogen) atoms. The normalized spacial score (nSPS) is 11.3. The number of carbonyl (C=O) groups excluding carboxylic acids is 1. The molecular formula is C42H66O4S. The van der Waals surface area contributed by atoms with Crippen LogP contribution in [0.15, 0.2) is 47.4 Å². The summed E-state index contributed by atoms with van der Waals surface area (Å²) in [5.74, 6) is 3.21. The second kappa shape index (κ2) is 27.5. The first kappa shape index (κ1) is 40.8. The third kappa shape index (κ3) is 18.7. The Morgan fingerprint density at radius 1 is 0.574 bits per heavy atom. The number of hydrogen-bond donors (Lipinski definition) is 0. The molecule has 0 heterocycles. The maximum atomic E-state index is 13.1. The molecule has 0 spiro atoms. The minimum atomic E-state index is -0.00969. The van der Waals surface area contributed by atoms with Gasteiger partial charge in [-0.1, -0.05) is 130 Å². The van der Waals surface area contributed by atoms with Crippen molar-refractivity contribution in [3.05, 3.63) is 53.6 Å². The highest BCUT2D eigenvalue weighted by atomic mass is 32.2. The molecule has 0 aromatic heterocycles. The molecule has 0 saturated carbocycles. The zero-order valence-electron chi connectivity index (χ0n) is 30.4. The molecular weight excluding hydrogens is 601 g/mol. The van der Waals surface area contributed by atoms with Crippen LogP contribution in [0.25, 0.3) is 6.08 Å². The van der Waals surface area contributed by atoms with E-state index in [-0.39, 0.29) is 5.78 Å². The predicted molar refractivity (Wildman–Crippen MR) is 204 cm³/mol. The van der Waals surface area contributed by atoms with Gasteiger partial charge in [-0.15, -0.1) is 11.8 Å². The standard InChI is InChI=1S/C42H66O4S/c1-5-9-12-15-18-21-30-44-40-34-36(24-29-39(43)37-25-27-38(28-26-37)47-33-8-4)35-41(45-31-22-19-16-13-10-6-2)42(40)46-32-23-20-17-14-11-7-3/h24-29,34-35H,5-23,30-33H2,1-4H3. The molecule has 0 fully saturated rings. The van der Waals surface area contributed by atoms with Crippen molar-refractivity contribution < 1.29 is 19.0 Å². The van der Waals surface area contributed by atoms with Crippen LogP contribution in [0.2, 0.25) is 0 Å². The summed E-state index contributed by atoms with van der Waals surface area (Å²) < 4.78 is 19.3. The lowest BCUT2D eigenvalue weighted by Gasteiger charge is -2.18. The fourth-order valence-corrected chi connectivity index (χ4v) is 6.21. The minimum absolute atomic E-state index is 0.00969. The van der Waals surface area contributed by atoms with Gasteiger partial charge >= 0.3 is 0 Å². The molecule has 0 bridgehead atoms. The molecule has 0 amide bonds. The van der Waals surface area contributed by atoms with Gasteiger partial charge in [0.2, 0.25) is 5.75 Å². The van der Waals surface area contributed by atoms with Crippen molar-refractivity contribution in [1.82, 2.24) is 0 Å².